The van der Waals surface area contributed by atoms with Crippen molar-refractivity contribution < 1.29 is 45.5 Å². The van der Waals surface area contributed by atoms with Crippen LogP contribution < -0.4 is 5.32 Å². The minimum atomic E-state index is -4.99. The first-order valence-electron chi connectivity index (χ1n) is 14.5. The molecule has 3 aromatic rings. The van der Waals surface area contributed by atoms with E-state index < -0.39 is 87.3 Å². The first-order chi connectivity index (χ1) is 22.0. The summed E-state index contributed by atoms with van der Waals surface area (Å²) in [6, 6.07) is 8.07. The van der Waals surface area contributed by atoms with Crippen LogP contribution in [0.15, 0.2) is 48.5 Å². The zero-order chi connectivity index (χ0) is 34.8. The van der Waals surface area contributed by atoms with Crippen LogP contribution in [0.3, 0.4) is 0 Å². The molecule has 252 valence electrons. The van der Waals surface area contributed by atoms with E-state index in [9.17, 15) is 36.3 Å². The number of halogens is 9. The molecule has 0 saturated heterocycles. The lowest BCUT2D eigenvalue weighted by molar-refractivity contribution is -0.140. The van der Waals surface area contributed by atoms with Gasteiger partial charge in [0.1, 0.15) is 27.9 Å². The Kier molecular flexibility index (Phi) is 11.4. The summed E-state index contributed by atoms with van der Waals surface area (Å²) in [4.78, 5) is 39.1. The van der Waals surface area contributed by atoms with Crippen molar-refractivity contribution in [3.05, 3.63) is 98.8 Å². The van der Waals surface area contributed by atoms with Crippen molar-refractivity contribution >= 4 is 58.0 Å². The highest BCUT2D eigenvalue weighted by atomic mass is 35.5. The molecular weight excluding hydrogens is 695 g/mol. The number of Topliss-reactive ketones (excluding diaryl/α,β-unsaturated/α-hetero) is 2. The lowest BCUT2D eigenvalue weighted by Crippen LogP contribution is -2.27. The first kappa shape index (κ1) is 36.7. The number of amides is 1. The fourth-order valence-electron chi connectivity index (χ4n) is 5.36. The molecule has 14 heteroatoms. The molecule has 3 atom stereocenters. The van der Waals surface area contributed by atoms with Crippen molar-refractivity contribution in [3.63, 3.8) is 0 Å². The topological polar surface area (TPSA) is 72.5 Å². The molecule has 1 N–H and O–H groups in total. The zero-order valence-electron chi connectivity index (χ0n) is 24.9. The van der Waals surface area contributed by atoms with Gasteiger partial charge >= 0.3 is 6.18 Å². The van der Waals surface area contributed by atoms with Crippen molar-refractivity contribution in [3.8, 4) is 0 Å². The molecule has 1 unspecified atom stereocenters. The second kappa shape index (κ2) is 14.6. The number of carbonyl (C=O) groups excluding carboxylic acids is 3. The molecule has 1 amide bonds. The number of anilines is 1. The SMILES string of the molecule is CCCC(OCC)C(=O)Cc1c(F)ccc(CC(=O)c2cc(NC(=O)[C@H]3[C@H](c4ccc(F)c(C(F)(F)F)c4)C3(Cl)Cl)ccc2Cl)c1F. The highest BCUT2D eigenvalue weighted by Crippen LogP contribution is 2.65. The average Bonchev–Trinajstić information content (AvgIpc) is 3.58. The highest BCUT2D eigenvalue weighted by Gasteiger charge is 2.67. The van der Waals surface area contributed by atoms with Crippen molar-refractivity contribution in [1.29, 1.82) is 0 Å². The third kappa shape index (κ3) is 8.13. The third-order valence-corrected chi connectivity index (χ3v) is 9.04. The Morgan fingerprint density at radius 2 is 1.64 bits per heavy atom. The van der Waals surface area contributed by atoms with E-state index in [1.54, 1.807) is 6.92 Å². The number of ketones is 2. The maximum absolute atomic E-state index is 15.4. The monoisotopic (exact) mass is 721 g/mol. The van der Waals surface area contributed by atoms with E-state index in [1.165, 1.54) is 18.2 Å². The Morgan fingerprint density at radius 1 is 0.957 bits per heavy atom. The first-order valence-corrected chi connectivity index (χ1v) is 15.6. The van der Waals surface area contributed by atoms with Crippen molar-refractivity contribution in [2.45, 2.75) is 62.1 Å². The maximum atomic E-state index is 15.4. The Balaban J connectivity index is 1.51. The van der Waals surface area contributed by atoms with Gasteiger partial charge in [0.15, 0.2) is 11.6 Å². The van der Waals surface area contributed by atoms with E-state index in [2.05, 4.69) is 5.32 Å². The summed E-state index contributed by atoms with van der Waals surface area (Å²) in [7, 11) is 0. The number of hydrogen-bond donors (Lipinski definition) is 1. The van der Waals surface area contributed by atoms with Crippen LogP contribution in [-0.4, -0.2) is 34.5 Å². The van der Waals surface area contributed by atoms with Gasteiger partial charge in [-0.25, -0.2) is 13.2 Å². The second-order valence-corrected chi connectivity index (χ2v) is 12.9. The molecule has 0 aromatic heterocycles. The Hall–Kier alpha value is -3.12. The van der Waals surface area contributed by atoms with Crippen LogP contribution in [0.4, 0.5) is 32.0 Å². The fraction of sp³-hybridized carbons (Fsp3) is 0.364. The molecule has 0 radical (unpaired) electrons. The van der Waals surface area contributed by atoms with Crippen LogP contribution in [0.5, 0.6) is 0 Å². The van der Waals surface area contributed by atoms with Gasteiger partial charge in [0.2, 0.25) is 5.91 Å². The maximum Gasteiger partial charge on any atom is 0.419 e. The molecule has 0 heterocycles. The molecule has 0 bridgehead atoms. The van der Waals surface area contributed by atoms with Crippen molar-refractivity contribution in [2.24, 2.45) is 5.92 Å². The van der Waals surface area contributed by atoms with Gasteiger partial charge in [-0.05, 0) is 60.9 Å². The molecule has 3 aromatic carbocycles. The van der Waals surface area contributed by atoms with Gasteiger partial charge in [-0.2, -0.15) is 13.2 Å². The molecule has 1 fully saturated rings. The normalized spacial score (nSPS) is 17.7. The van der Waals surface area contributed by atoms with Crippen molar-refractivity contribution in [1.82, 2.24) is 0 Å². The number of benzene rings is 3. The standard InChI is InChI=1S/C33H28Cl3F6NO4/c1-3-5-27(47-4-2)26(45)15-20-23(37)10-7-17(30(20)39)13-25(44)19-14-18(8-9-22(19)34)43-31(46)29-28(32(29,35)36)16-6-11-24(38)21(12-16)33(40,41)42/h6-12,14,27-29H,3-5,13,15H2,1-2H3,(H,43,46)/t27?,28-,29+/m0/s1. The van der Waals surface area contributed by atoms with Crippen LogP contribution in [0.2, 0.25) is 5.02 Å². The molecule has 0 aliphatic heterocycles. The summed E-state index contributed by atoms with van der Waals surface area (Å²) < 4.78 is 87.1. The van der Waals surface area contributed by atoms with Gasteiger partial charge in [0, 0.05) is 42.2 Å². The number of rotatable bonds is 13. The van der Waals surface area contributed by atoms with Gasteiger partial charge in [0.05, 0.1) is 16.5 Å². The summed E-state index contributed by atoms with van der Waals surface area (Å²) in [6.45, 7) is 3.78. The van der Waals surface area contributed by atoms with Crippen LogP contribution in [0.25, 0.3) is 0 Å². The van der Waals surface area contributed by atoms with Gasteiger partial charge in [0.25, 0.3) is 0 Å². The van der Waals surface area contributed by atoms with Gasteiger partial charge in [-0.15, -0.1) is 23.2 Å². The molecule has 1 saturated carbocycles. The molecule has 5 nitrogen and oxygen atoms in total. The van der Waals surface area contributed by atoms with E-state index >= 15 is 4.39 Å². The Morgan fingerprint density at radius 3 is 2.28 bits per heavy atom. The number of alkyl halides is 5. The summed E-state index contributed by atoms with van der Waals surface area (Å²) in [5.41, 5.74) is -2.42. The summed E-state index contributed by atoms with van der Waals surface area (Å²) in [5, 5.41) is 2.44. The third-order valence-electron chi connectivity index (χ3n) is 7.77. The quantitative estimate of drug-likeness (QED) is 0.109. The van der Waals surface area contributed by atoms with Crippen molar-refractivity contribution in [2.75, 3.05) is 11.9 Å². The molecule has 4 rings (SSSR count). The highest BCUT2D eigenvalue weighted by molar-refractivity contribution is 6.53. The molecule has 0 spiro atoms. The smallest absolute Gasteiger partial charge is 0.371 e. The number of nitrogens with one attached hydrogen (secondary N) is 1. The van der Waals surface area contributed by atoms with Crippen LogP contribution in [-0.2, 0) is 33.3 Å². The lowest BCUT2D eigenvalue weighted by Gasteiger charge is -2.16. The summed E-state index contributed by atoms with van der Waals surface area (Å²) >= 11 is 18.7. The van der Waals surface area contributed by atoms with Crippen LogP contribution in [0, 0.1) is 23.4 Å². The lowest BCUT2D eigenvalue weighted by atomic mass is 9.96. The largest absolute Gasteiger partial charge is 0.419 e. The zero-order valence-corrected chi connectivity index (χ0v) is 27.2. The predicted octanol–water partition coefficient (Wildman–Crippen LogP) is 9.04. The minimum Gasteiger partial charge on any atom is -0.371 e. The van der Waals surface area contributed by atoms with E-state index in [0.717, 1.165) is 18.2 Å². The molecule has 47 heavy (non-hydrogen) atoms. The molecule has 1 aliphatic rings. The fourth-order valence-corrected chi connectivity index (χ4v) is 6.41. The van der Waals surface area contributed by atoms with Gasteiger partial charge < -0.3 is 10.1 Å². The second-order valence-electron chi connectivity index (χ2n) is 11.0. The minimum absolute atomic E-state index is 0.0383. The van der Waals surface area contributed by atoms with Crippen LogP contribution >= 0.6 is 34.8 Å². The van der Waals surface area contributed by atoms with E-state index in [-0.39, 0.29) is 34.0 Å². The summed E-state index contributed by atoms with van der Waals surface area (Å²) in [6.07, 6.45) is -5.97. The van der Waals surface area contributed by atoms with Gasteiger partial charge in [-0.3, -0.25) is 14.4 Å². The number of ether oxygens (including phenoxy) is 1. The van der Waals surface area contributed by atoms with Crippen LogP contribution in [0.1, 0.15) is 65.2 Å². The number of hydrogen-bond acceptors (Lipinski definition) is 4. The predicted molar refractivity (Wildman–Crippen MR) is 166 cm³/mol. The Labute approximate surface area is 281 Å². The Bertz CT molecular complexity index is 1690. The molecular formula is C33H28Cl3F6NO4. The molecule has 1 aliphatic carbocycles. The van der Waals surface area contributed by atoms with Gasteiger partial charge in [-0.1, -0.05) is 37.1 Å². The van der Waals surface area contributed by atoms with E-state index in [0.29, 0.717) is 25.0 Å². The average molecular weight is 723 g/mol. The summed E-state index contributed by atoms with van der Waals surface area (Å²) in [5.74, 6) is -7.85. The van der Waals surface area contributed by atoms with E-state index in [4.69, 9.17) is 39.5 Å². The number of carbonyl (C=O) groups is 3. The van der Waals surface area contributed by atoms with E-state index in [1.807, 2.05) is 6.92 Å².